The predicted octanol–water partition coefficient (Wildman–Crippen LogP) is 5.45. The molecule has 260 valence electrons. The third-order valence-electron chi connectivity index (χ3n) is 8.82. The molecule has 1 aliphatic heterocycles. The van der Waals surface area contributed by atoms with Crippen LogP contribution in [0.2, 0.25) is 10.0 Å². The van der Waals surface area contributed by atoms with Gasteiger partial charge in [-0.1, -0.05) is 73.1 Å². The molecule has 13 heteroatoms. The number of unbranched alkanes of at least 4 members (excludes halogenated alkanes) is 1. The van der Waals surface area contributed by atoms with Crippen molar-refractivity contribution in [3.05, 3.63) is 87.7 Å². The van der Waals surface area contributed by atoms with Gasteiger partial charge in [-0.3, -0.25) is 14.4 Å². The number of nitrogens with one attached hydrogen (secondary N) is 4. The van der Waals surface area contributed by atoms with Crippen molar-refractivity contribution in [2.75, 3.05) is 13.6 Å². The Labute approximate surface area is 301 Å². The van der Waals surface area contributed by atoms with E-state index in [4.69, 9.17) is 28.9 Å². The number of halogens is 2. The first-order valence-corrected chi connectivity index (χ1v) is 18.1. The van der Waals surface area contributed by atoms with E-state index in [0.29, 0.717) is 57.9 Å². The molecule has 2 aromatic heterocycles. The number of aromatic amines is 1. The molecule has 2 unspecified atom stereocenters. The van der Waals surface area contributed by atoms with E-state index in [0.717, 1.165) is 22.0 Å². The van der Waals surface area contributed by atoms with Gasteiger partial charge in [-0.05, 0) is 72.7 Å². The van der Waals surface area contributed by atoms with Crippen molar-refractivity contribution in [1.82, 2.24) is 30.8 Å². The van der Waals surface area contributed by atoms with E-state index in [2.05, 4.69) is 25.9 Å². The van der Waals surface area contributed by atoms with Gasteiger partial charge in [0.1, 0.15) is 17.1 Å². The minimum atomic E-state index is -0.900. The lowest BCUT2D eigenvalue weighted by atomic mass is 9.99. The van der Waals surface area contributed by atoms with Crippen LogP contribution in [0.15, 0.2) is 70.8 Å². The molecule has 3 amide bonds. The second kappa shape index (κ2) is 16.9. The fourth-order valence-electron chi connectivity index (χ4n) is 6.08. The maximum absolute atomic E-state index is 14.3. The summed E-state index contributed by atoms with van der Waals surface area (Å²) in [6.45, 7) is 4.84. The number of likely N-dealkylation sites (N-methyl/N-ethyl adjacent to an activating group) is 1. The highest BCUT2D eigenvalue weighted by molar-refractivity contribution is 7.99. The Hall–Kier alpha value is -3.61. The number of fused-ring (bicyclic) bond motifs is 3. The molecule has 4 aromatic rings. The number of carbonyl (C=O) groups is 3. The van der Waals surface area contributed by atoms with Crippen LogP contribution in [0.25, 0.3) is 10.9 Å². The zero-order chi connectivity index (χ0) is 35.1. The Morgan fingerprint density at radius 3 is 2.59 bits per heavy atom. The number of hydrogen-bond acceptors (Lipinski definition) is 7. The second-order valence-electron chi connectivity index (χ2n) is 12.6. The lowest BCUT2D eigenvalue weighted by molar-refractivity contribution is -0.142. The zero-order valence-electron chi connectivity index (χ0n) is 27.9. The van der Waals surface area contributed by atoms with Crippen molar-refractivity contribution in [3.8, 4) is 0 Å². The summed E-state index contributed by atoms with van der Waals surface area (Å²) in [6.07, 6.45) is 5.53. The Kier molecular flexibility index (Phi) is 12.6. The summed E-state index contributed by atoms with van der Waals surface area (Å²) < 4.78 is 0. The Balaban J connectivity index is 1.58. The van der Waals surface area contributed by atoms with Gasteiger partial charge in [0.05, 0.1) is 11.1 Å². The SMILES string of the molecule is CC(C)C1NCc2cccnc2Sc2c(Cl)cc(Cl)cc2CNC(=O)C(Cc2c[nH]c3ccccc23)N(C)C(=O)[C@H](CCCCN)NC1=O. The first-order chi connectivity index (χ1) is 23.6. The van der Waals surface area contributed by atoms with E-state index in [1.54, 1.807) is 25.4 Å². The summed E-state index contributed by atoms with van der Waals surface area (Å²) in [5.41, 5.74) is 9.18. The molecular formula is C36H43Cl2N7O3S. The number of amides is 3. The first-order valence-electron chi connectivity index (χ1n) is 16.5. The smallest absolute Gasteiger partial charge is 0.245 e. The van der Waals surface area contributed by atoms with Crippen molar-refractivity contribution in [2.24, 2.45) is 11.7 Å². The third-order valence-corrected chi connectivity index (χ3v) is 10.7. The van der Waals surface area contributed by atoms with E-state index in [-0.39, 0.29) is 36.6 Å². The van der Waals surface area contributed by atoms with Crippen LogP contribution >= 0.6 is 35.0 Å². The van der Waals surface area contributed by atoms with Crippen LogP contribution in [0.4, 0.5) is 0 Å². The van der Waals surface area contributed by atoms with Gasteiger partial charge >= 0.3 is 0 Å². The van der Waals surface area contributed by atoms with E-state index in [1.165, 1.54) is 16.7 Å². The molecule has 0 spiro atoms. The summed E-state index contributed by atoms with van der Waals surface area (Å²) in [7, 11) is 1.62. The van der Waals surface area contributed by atoms with Gasteiger partial charge < -0.3 is 31.6 Å². The van der Waals surface area contributed by atoms with Crippen LogP contribution in [0.1, 0.15) is 49.8 Å². The second-order valence-corrected chi connectivity index (χ2v) is 14.5. The van der Waals surface area contributed by atoms with Crippen LogP contribution in [0, 0.1) is 5.92 Å². The number of nitrogens with two attached hydrogens (primary N) is 1. The molecule has 0 fully saturated rings. The van der Waals surface area contributed by atoms with Crippen LogP contribution in [-0.2, 0) is 33.9 Å². The van der Waals surface area contributed by atoms with Gasteiger partial charge in [-0.25, -0.2) is 4.98 Å². The Morgan fingerprint density at radius 2 is 1.82 bits per heavy atom. The number of benzene rings is 2. The van der Waals surface area contributed by atoms with Gasteiger partial charge in [0, 0.05) is 59.8 Å². The number of H-pyrrole nitrogens is 1. The monoisotopic (exact) mass is 723 g/mol. The maximum atomic E-state index is 14.3. The summed E-state index contributed by atoms with van der Waals surface area (Å²) in [6, 6.07) is 12.7. The molecule has 1 aliphatic rings. The van der Waals surface area contributed by atoms with E-state index in [9.17, 15) is 14.4 Å². The largest absolute Gasteiger partial charge is 0.361 e. The summed E-state index contributed by atoms with van der Waals surface area (Å²) in [5.74, 6) is -1.10. The van der Waals surface area contributed by atoms with Gasteiger partial charge in [-0.2, -0.15) is 0 Å². The standard InChI is InChI=1S/C36H43Cl2N7O3S/c1-21(2)31-34(47)44-29(12-6-7-13-39)36(48)45(3)30(16-23-19-41-28-11-5-4-10-26(23)28)33(46)43-20-24-15-25(37)17-27(38)32(24)49-35-22(18-42-31)9-8-14-40-35/h4-5,8-11,14-15,17,19,21,29-31,41-42H,6-7,12-13,16,18,20,39H2,1-3H3,(H,43,46)(H,44,47)/t29-,30?,31?/m0/s1. The number of aromatic nitrogens is 2. The molecular weight excluding hydrogens is 681 g/mol. The van der Waals surface area contributed by atoms with Crippen LogP contribution in [-0.4, -0.2) is 64.3 Å². The van der Waals surface area contributed by atoms with Crippen LogP contribution in [0.5, 0.6) is 0 Å². The molecule has 0 saturated heterocycles. The maximum Gasteiger partial charge on any atom is 0.245 e. The summed E-state index contributed by atoms with van der Waals surface area (Å²) >= 11 is 14.6. The van der Waals surface area contributed by atoms with Crippen LogP contribution in [0.3, 0.4) is 0 Å². The number of pyridine rings is 1. The summed E-state index contributed by atoms with van der Waals surface area (Å²) in [5, 5.41) is 12.0. The van der Waals surface area contributed by atoms with Crippen molar-refractivity contribution in [1.29, 1.82) is 0 Å². The molecule has 5 rings (SSSR count). The highest BCUT2D eigenvalue weighted by atomic mass is 35.5. The molecule has 3 atom stereocenters. The molecule has 0 bridgehead atoms. The molecule has 0 aliphatic carbocycles. The molecule has 6 N–H and O–H groups in total. The lowest BCUT2D eigenvalue weighted by Gasteiger charge is -2.32. The van der Waals surface area contributed by atoms with Gasteiger partial charge in [0.25, 0.3) is 0 Å². The predicted molar refractivity (Wildman–Crippen MR) is 196 cm³/mol. The number of para-hydroxylation sites is 1. The number of carbonyl (C=O) groups excluding carboxylic acids is 3. The normalized spacial score (nSPS) is 19.7. The summed E-state index contributed by atoms with van der Waals surface area (Å²) in [4.78, 5) is 52.5. The van der Waals surface area contributed by atoms with Gasteiger partial charge in [-0.15, -0.1) is 0 Å². The first kappa shape index (κ1) is 36.7. The fourth-order valence-corrected chi connectivity index (χ4v) is 7.73. The molecule has 49 heavy (non-hydrogen) atoms. The quantitative estimate of drug-likeness (QED) is 0.160. The number of rotatable bonds is 7. The molecule has 0 radical (unpaired) electrons. The average Bonchev–Trinajstić information content (AvgIpc) is 3.49. The van der Waals surface area contributed by atoms with E-state index in [1.807, 2.05) is 56.4 Å². The molecule has 3 heterocycles. The Morgan fingerprint density at radius 1 is 1.02 bits per heavy atom. The van der Waals surface area contributed by atoms with Crippen molar-refractivity contribution < 1.29 is 14.4 Å². The molecule has 10 nitrogen and oxygen atoms in total. The fraction of sp³-hybridized carbons (Fsp3) is 0.389. The molecule has 2 aromatic carbocycles. The minimum Gasteiger partial charge on any atom is -0.361 e. The number of nitrogens with zero attached hydrogens (tertiary/aromatic N) is 2. The molecule has 0 saturated carbocycles. The zero-order valence-corrected chi connectivity index (χ0v) is 30.2. The Bertz CT molecular complexity index is 1800. The topological polar surface area (TPSA) is 145 Å². The van der Waals surface area contributed by atoms with Crippen molar-refractivity contribution in [3.63, 3.8) is 0 Å². The van der Waals surface area contributed by atoms with Gasteiger partial charge in [0.2, 0.25) is 17.7 Å². The number of hydrogen-bond donors (Lipinski definition) is 5. The minimum absolute atomic E-state index is 0.0925. The third kappa shape index (κ3) is 8.95. The lowest BCUT2D eigenvalue weighted by Crippen LogP contribution is -2.57. The van der Waals surface area contributed by atoms with Gasteiger partial charge in [0.15, 0.2) is 0 Å². The highest BCUT2D eigenvalue weighted by Crippen LogP contribution is 2.38. The average molecular weight is 725 g/mol. The van der Waals surface area contributed by atoms with Crippen molar-refractivity contribution in [2.45, 2.75) is 80.7 Å². The van der Waals surface area contributed by atoms with Crippen LogP contribution < -0.4 is 21.7 Å². The highest BCUT2D eigenvalue weighted by Gasteiger charge is 2.34. The van der Waals surface area contributed by atoms with Crippen molar-refractivity contribution >= 4 is 63.6 Å². The van der Waals surface area contributed by atoms with E-state index >= 15 is 0 Å². The van der Waals surface area contributed by atoms with E-state index < -0.39 is 18.1 Å².